The lowest BCUT2D eigenvalue weighted by atomic mass is 9.67. The maximum Gasteiger partial charge on any atom is 0.118 e. The van der Waals surface area contributed by atoms with Crippen LogP contribution in [0.4, 0.5) is 0 Å². The van der Waals surface area contributed by atoms with Crippen LogP contribution in [0.1, 0.15) is 33.4 Å². The number of ether oxygens (including phenoxy) is 2. The Bertz CT molecular complexity index is 1200. The molecule has 0 unspecified atom stereocenters. The molecule has 2 nitrogen and oxygen atoms in total. The van der Waals surface area contributed by atoms with Crippen LogP contribution in [-0.2, 0) is 5.41 Å². The van der Waals surface area contributed by atoms with Crippen molar-refractivity contribution < 1.29 is 9.47 Å². The fourth-order valence-electron chi connectivity index (χ4n) is 5.03. The van der Waals surface area contributed by atoms with Gasteiger partial charge in [0.15, 0.2) is 0 Å². The molecule has 4 aromatic rings. The number of aryl methyl sites for hydroxylation is 2. The molecule has 0 amide bonds. The summed E-state index contributed by atoms with van der Waals surface area (Å²) >= 11 is 0. The third-order valence-electron chi connectivity index (χ3n) is 6.49. The van der Waals surface area contributed by atoms with E-state index in [1.54, 1.807) is 14.2 Å². The first-order valence-electron chi connectivity index (χ1n) is 10.6. The lowest BCUT2D eigenvalue weighted by Gasteiger charge is -2.34. The fourth-order valence-corrected chi connectivity index (χ4v) is 5.03. The molecule has 0 aliphatic heterocycles. The molecule has 1 aliphatic rings. The normalized spacial score (nSPS) is 13.4. The summed E-state index contributed by atoms with van der Waals surface area (Å²) < 4.78 is 10.9. The standard InChI is InChI=1S/C29H26O2/c1-19-6-16-27-26(17-19)25-15-5-20(2)18-28(25)29(27,21-7-11-23(30-3)12-8-21)22-9-13-24(31-4)14-10-22/h5-18H,1-4H3. The molecule has 0 bridgehead atoms. The van der Waals surface area contributed by atoms with Crippen LogP contribution in [0.3, 0.4) is 0 Å². The van der Waals surface area contributed by atoms with Crippen molar-refractivity contribution in [2.24, 2.45) is 0 Å². The lowest BCUT2D eigenvalue weighted by molar-refractivity contribution is 0.414. The van der Waals surface area contributed by atoms with Crippen LogP contribution < -0.4 is 9.47 Å². The van der Waals surface area contributed by atoms with E-state index in [1.807, 2.05) is 0 Å². The second-order valence-corrected chi connectivity index (χ2v) is 8.31. The van der Waals surface area contributed by atoms with E-state index in [2.05, 4.69) is 98.8 Å². The van der Waals surface area contributed by atoms with Gasteiger partial charge in [0.1, 0.15) is 11.5 Å². The average Bonchev–Trinajstić information content (AvgIpc) is 3.08. The third kappa shape index (κ3) is 2.86. The van der Waals surface area contributed by atoms with Gasteiger partial charge in [0.2, 0.25) is 0 Å². The number of fused-ring (bicyclic) bond motifs is 3. The van der Waals surface area contributed by atoms with Crippen molar-refractivity contribution in [3.05, 3.63) is 118 Å². The quantitative estimate of drug-likeness (QED) is 0.331. The smallest absolute Gasteiger partial charge is 0.118 e. The van der Waals surface area contributed by atoms with E-state index in [0.717, 1.165) is 11.5 Å². The number of rotatable bonds is 4. The summed E-state index contributed by atoms with van der Waals surface area (Å²) in [4.78, 5) is 0. The topological polar surface area (TPSA) is 18.5 Å². The monoisotopic (exact) mass is 406 g/mol. The molecule has 4 aromatic carbocycles. The summed E-state index contributed by atoms with van der Waals surface area (Å²) in [5.74, 6) is 1.72. The summed E-state index contributed by atoms with van der Waals surface area (Å²) in [6, 6.07) is 30.7. The third-order valence-corrected chi connectivity index (χ3v) is 6.49. The Morgan fingerprint density at radius 2 is 1.03 bits per heavy atom. The minimum Gasteiger partial charge on any atom is -0.497 e. The molecule has 154 valence electrons. The second-order valence-electron chi connectivity index (χ2n) is 8.31. The average molecular weight is 407 g/mol. The van der Waals surface area contributed by atoms with Gasteiger partial charge in [0.05, 0.1) is 19.6 Å². The molecule has 0 aromatic heterocycles. The summed E-state index contributed by atoms with van der Waals surface area (Å²) in [6.07, 6.45) is 0. The number of hydrogen-bond donors (Lipinski definition) is 0. The zero-order valence-electron chi connectivity index (χ0n) is 18.4. The minimum atomic E-state index is -0.400. The van der Waals surface area contributed by atoms with E-state index in [0.29, 0.717) is 0 Å². The van der Waals surface area contributed by atoms with Gasteiger partial charge in [0, 0.05) is 0 Å². The molecule has 0 radical (unpaired) electrons. The molecule has 0 N–H and O–H groups in total. The Kier molecular flexibility index (Phi) is 4.59. The molecule has 0 atom stereocenters. The van der Waals surface area contributed by atoms with Gasteiger partial charge in [-0.3, -0.25) is 0 Å². The van der Waals surface area contributed by atoms with Crippen LogP contribution in [0, 0.1) is 13.8 Å². The van der Waals surface area contributed by atoms with Crippen LogP contribution in [0.5, 0.6) is 11.5 Å². The molecule has 5 rings (SSSR count). The van der Waals surface area contributed by atoms with Gasteiger partial charge in [-0.25, -0.2) is 0 Å². The first kappa shape index (κ1) is 19.4. The van der Waals surface area contributed by atoms with Crippen molar-refractivity contribution in [2.75, 3.05) is 14.2 Å². The van der Waals surface area contributed by atoms with Crippen molar-refractivity contribution >= 4 is 0 Å². The highest BCUT2D eigenvalue weighted by Gasteiger charge is 2.46. The lowest BCUT2D eigenvalue weighted by Crippen LogP contribution is -2.28. The van der Waals surface area contributed by atoms with Crippen molar-refractivity contribution in [1.82, 2.24) is 0 Å². The van der Waals surface area contributed by atoms with Crippen LogP contribution >= 0.6 is 0 Å². The predicted molar refractivity (Wildman–Crippen MR) is 126 cm³/mol. The van der Waals surface area contributed by atoms with Crippen LogP contribution in [0.2, 0.25) is 0 Å². The fraction of sp³-hybridized carbons (Fsp3) is 0.172. The number of hydrogen-bond acceptors (Lipinski definition) is 2. The number of benzene rings is 4. The Hall–Kier alpha value is -3.52. The van der Waals surface area contributed by atoms with E-state index in [-0.39, 0.29) is 0 Å². The Labute approximate surface area is 184 Å². The zero-order chi connectivity index (χ0) is 21.6. The molecule has 0 saturated carbocycles. The Balaban J connectivity index is 1.91. The largest absolute Gasteiger partial charge is 0.497 e. The van der Waals surface area contributed by atoms with Crippen LogP contribution in [-0.4, -0.2) is 14.2 Å². The highest BCUT2D eigenvalue weighted by molar-refractivity contribution is 5.86. The van der Waals surface area contributed by atoms with Gasteiger partial charge in [-0.1, -0.05) is 71.8 Å². The zero-order valence-corrected chi connectivity index (χ0v) is 18.4. The molecule has 31 heavy (non-hydrogen) atoms. The van der Waals surface area contributed by atoms with Gasteiger partial charge in [-0.15, -0.1) is 0 Å². The van der Waals surface area contributed by atoms with E-state index >= 15 is 0 Å². The summed E-state index contributed by atoms with van der Waals surface area (Å²) in [5, 5.41) is 0. The second kappa shape index (κ2) is 7.31. The summed E-state index contributed by atoms with van der Waals surface area (Å²) in [5.41, 5.74) is 9.83. The van der Waals surface area contributed by atoms with Crippen molar-refractivity contribution in [2.45, 2.75) is 19.3 Å². The molecule has 2 heteroatoms. The van der Waals surface area contributed by atoms with Gasteiger partial charge < -0.3 is 9.47 Å². The Morgan fingerprint density at radius 1 is 0.516 bits per heavy atom. The SMILES string of the molecule is COc1ccc(C2(c3ccc(OC)cc3)c3ccc(C)cc3-c3ccc(C)cc32)cc1. The first-order chi connectivity index (χ1) is 15.1. The molecule has 1 aliphatic carbocycles. The van der Waals surface area contributed by atoms with Crippen LogP contribution in [0.25, 0.3) is 11.1 Å². The molecular formula is C29H26O2. The van der Waals surface area contributed by atoms with E-state index in [9.17, 15) is 0 Å². The first-order valence-corrected chi connectivity index (χ1v) is 10.6. The van der Waals surface area contributed by atoms with Gasteiger partial charge >= 0.3 is 0 Å². The predicted octanol–water partition coefficient (Wildman–Crippen LogP) is 6.68. The van der Waals surface area contributed by atoms with Crippen molar-refractivity contribution in [1.29, 1.82) is 0 Å². The maximum absolute atomic E-state index is 5.46. The number of methoxy groups -OCH3 is 2. The minimum absolute atomic E-state index is 0.400. The molecule has 0 spiro atoms. The van der Waals surface area contributed by atoms with E-state index in [4.69, 9.17) is 9.47 Å². The van der Waals surface area contributed by atoms with Crippen LogP contribution in [0.15, 0.2) is 84.9 Å². The summed E-state index contributed by atoms with van der Waals surface area (Å²) in [7, 11) is 3.42. The van der Waals surface area contributed by atoms with Crippen molar-refractivity contribution in [3.8, 4) is 22.6 Å². The van der Waals surface area contributed by atoms with E-state index < -0.39 is 5.41 Å². The molecule has 0 saturated heterocycles. The highest BCUT2D eigenvalue weighted by Crippen LogP contribution is 2.56. The van der Waals surface area contributed by atoms with Gasteiger partial charge in [-0.2, -0.15) is 0 Å². The summed E-state index contributed by atoms with van der Waals surface area (Å²) in [6.45, 7) is 4.33. The maximum atomic E-state index is 5.46. The molecule has 0 heterocycles. The molecular weight excluding hydrogens is 380 g/mol. The molecule has 0 fully saturated rings. The van der Waals surface area contributed by atoms with Gasteiger partial charge in [0.25, 0.3) is 0 Å². The Morgan fingerprint density at radius 3 is 1.58 bits per heavy atom. The van der Waals surface area contributed by atoms with Crippen molar-refractivity contribution in [3.63, 3.8) is 0 Å². The highest BCUT2D eigenvalue weighted by atomic mass is 16.5. The van der Waals surface area contributed by atoms with E-state index in [1.165, 1.54) is 44.5 Å². The van der Waals surface area contributed by atoms with Gasteiger partial charge in [-0.05, 0) is 71.5 Å².